The van der Waals surface area contributed by atoms with Crippen LogP contribution in [0.1, 0.15) is 31.2 Å². The van der Waals surface area contributed by atoms with Crippen molar-refractivity contribution in [3.8, 4) is 11.1 Å². The molecule has 1 saturated carbocycles. The van der Waals surface area contributed by atoms with Crippen LogP contribution in [-0.4, -0.2) is 39.3 Å². The van der Waals surface area contributed by atoms with Crippen LogP contribution < -0.4 is 11.3 Å². The fourth-order valence-electron chi connectivity index (χ4n) is 6.45. The smallest absolute Gasteiger partial charge is 0.314 e. The average molecular weight is 472 g/mol. The lowest BCUT2D eigenvalue weighted by atomic mass is 9.60. The number of rotatable bonds is 5. The zero-order chi connectivity index (χ0) is 24.5. The van der Waals surface area contributed by atoms with Gasteiger partial charge in [0.05, 0.1) is 12.1 Å². The number of hydrogen-bond donors (Lipinski definition) is 2. The minimum absolute atomic E-state index is 0.134. The molecule has 1 aromatic heterocycles. The molecule has 2 amide bonds. The molecule has 35 heavy (non-hydrogen) atoms. The molecule has 6 heteroatoms. The van der Waals surface area contributed by atoms with Crippen molar-refractivity contribution in [1.82, 2.24) is 9.47 Å². The van der Waals surface area contributed by atoms with E-state index >= 15 is 0 Å². The molecule has 0 bridgehead atoms. The van der Waals surface area contributed by atoms with Gasteiger partial charge < -0.3 is 20.3 Å². The molecule has 2 heterocycles. The van der Waals surface area contributed by atoms with Crippen LogP contribution in [0.5, 0.6) is 0 Å². The second-order valence-electron chi connectivity index (χ2n) is 10.2. The number of likely N-dealkylation sites (tertiary alicyclic amines) is 1. The highest BCUT2D eigenvalue weighted by atomic mass is 16.3. The summed E-state index contributed by atoms with van der Waals surface area (Å²) in [5, 5.41) is 12.3. The van der Waals surface area contributed by atoms with Gasteiger partial charge in [-0.25, -0.2) is 4.79 Å². The van der Waals surface area contributed by atoms with Gasteiger partial charge in [-0.1, -0.05) is 67.1 Å². The lowest BCUT2D eigenvalue weighted by Crippen LogP contribution is -2.65. The van der Waals surface area contributed by atoms with Gasteiger partial charge in [0.1, 0.15) is 0 Å². The number of amides is 2. The van der Waals surface area contributed by atoms with Gasteiger partial charge in [-0.05, 0) is 54.4 Å². The Morgan fingerprint density at radius 2 is 1.71 bits per heavy atom. The number of urea groups is 1. The van der Waals surface area contributed by atoms with E-state index < -0.39 is 17.0 Å². The molecule has 1 aliphatic heterocycles. The Balaban J connectivity index is 1.48. The Kier molecular flexibility index (Phi) is 6.24. The van der Waals surface area contributed by atoms with Gasteiger partial charge in [0, 0.05) is 30.8 Å². The van der Waals surface area contributed by atoms with Crippen molar-refractivity contribution >= 4 is 6.03 Å². The Morgan fingerprint density at radius 3 is 2.40 bits per heavy atom. The maximum absolute atomic E-state index is 13.1. The summed E-state index contributed by atoms with van der Waals surface area (Å²) in [6.07, 6.45) is 5.78. The summed E-state index contributed by atoms with van der Waals surface area (Å²) in [7, 11) is 0. The minimum Gasteiger partial charge on any atom is -0.387 e. The lowest BCUT2D eigenvalue weighted by molar-refractivity contribution is -0.154. The Morgan fingerprint density at radius 1 is 1.00 bits per heavy atom. The number of primary amides is 1. The largest absolute Gasteiger partial charge is 0.387 e. The molecule has 2 fully saturated rings. The van der Waals surface area contributed by atoms with Crippen LogP contribution in [0.2, 0.25) is 0 Å². The summed E-state index contributed by atoms with van der Waals surface area (Å²) in [4.78, 5) is 27.0. The van der Waals surface area contributed by atoms with Crippen molar-refractivity contribution in [2.24, 2.45) is 17.1 Å². The summed E-state index contributed by atoms with van der Waals surface area (Å²) < 4.78 is 1.63. The van der Waals surface area contributed by atoms with Crippen LogP contribution in [0.3, 0.4) is 0 Å². The van der Waals surface area contributed by atoms with Crippen LogP contribution in [0, 0.1) is 11.3 Å². The molecule has 2 aliphatic rings. The zero-order valence-corrected chi connectivity index (χ0v) is 20.0. The number of pyridine rings is 1. The fraction of sp³-hybridized carbons (Fsp3) is 0.379. The molecule has 2 aromatic carbocycles. The number of nitrogens with two attached hydrogens (primary N) is 1. The first-order chi connectivity index (χ1) is 16.9. The van der Waals surface area contributed by atoms with Gasteiger partial charge in [-0.2, -0.15) is 0 Å². The van der Waals surface area contributed by atoms with Gasteiger partial charge in [0.15, 0.2) is 0 Å². The van der Waals surface area contributed by atoms with Crippen LogP contribution >= 0.6 is 0 Å². The molecule has 6 nitrogen and oxygen atoms in total. The van der Waals surface area contributed by atoms with Gasteiger partial charge >= 0.3 is 6.03 Å². The Labute approximate surface area is 206 Å². The summed E-state index contributed by atoms with van der Waals surface area (Å²) in [6, 6.07) is 23.3. The van der Waals surface area contributed by atoms with Crippen molar-refractivity contribution in [1.29, 1.82) is 0 Å². The number of hydrogen-bond acceptors (Lipinski definition) is 3. The standard InChI is InChI=1S/C29H33N3O3/c30-27(34)32-17-15-29(35,21-31-16-13-24(19-26(31)33)23-10-5-2-6-11-23)28(20-32)14-7-12-25(28)18-22-8-3-1-4-9-22/h1-6,8-11,13,16,19,25,35H,7,12,14-15,17-18,20-21H2,(H2,30,34). The average Bonchev–Trinajstić information content (AvgIpc) is 3.26. The molecule has 1 saturated heterocycles. The molecule has 1 spiro atoms. The van der Waals surface area contributed by atoms with Crippen LogP contribution in [0.4, 0.5) is 4.79 Å². The fourth-order valence-corrected chi connectivity index (χ4v) is 6.45. The van der Waals surface area contributed by atoms with E-state index in [1.165, 1.54) is 5.56 Å². The molecular formula is C29H33N3O3. The monoisotopic (exact) mass is 471 g/mol. The maximum Gasteiger partial charge on any atom is 0.314 e. The number of benzene rings is 2. The maximum atomic E-state index is 13.1. The van der Waals surface area contributed by atoms with E-state index in [1.807, 2.05) is 54.6 Å². The third kappa shape index (κ3) is 4.39. The second-order valence-corrected chi connectivity index (χ2v) is 10.2. The van der Waals surface area contributed by atoms with Crippen molar-refractivity contribution in [2.45, 2.75) is 44.2 Å². The lowest BCUT2D eigenvalue weighted by Gasteiger charge is -2.55. The summed E-state index contributed by atoms with van der Waals surface area (Å²) >= 11 is 0. The summed E-state index contributed by atoms with van der Waals surface area (Å²) in [5.74, 6) is 0.191. The first kappa shape index (κ1) is 23.4. The highest BCUT2D eigenvalue weighted by molar-refractivity contribution is 5.72. The number of piperidine rings is 1. The van der Waals surface area contributed by atoms with Crippen LogP contribution in [0.25, 0.3) is 11.1 Å². The van der Waals surface area contributed by atoms with Gasteiger partial charge in [0.25, 0.3) is 5.56 Å². The summed E-state index contributed by atoms with van der Waals surface area (Å²) in [5.41, 5.74) is 7.00. The third-order valence-corrected chi connectivity index (χ3v) is 8.32. The van der Waals surface area contributed by atoms with Crippen molar-refractivity contribution in [2.75, 3.05) is 13.1 Å². The molecular weight excluding hydrogens is 438 g/mol. The first-order valence-electron chi connectivity index (χ1n) is 12.5. The Hall–Kier alpha value is -3.38. The van der Waals surface area contributed by atoms with Gasteiger partial charge in [-0.3, -0.25) is 4.79 Å². The quantitative estimate of drug-likeness (QED) is 0.588. The summed E-state index contributed by atoms with van der Waals surface area (Å²) in [6.45, 7) is 1.02. The number of aliphatic hydroxyl groups is 1. The normalized spacial score (nSPS) is 26.2. The zero-order valence-electron chi connectivity index (χ0n) is 20.0. The van der Waals surface area contributed by atoms with E-state index in [1.54, 1.807) is 21.7 Å². The molecule has 3 unspecified atom stereocenters. The van der Waals surface area contributed by atoms with Gasteiger partial charge in [0.2, 0.25) is 0 Å². The second kappa shape index (κ2) is 9.34. The molecule has 3 atom stereocenters. The van der Waals surface area contributed by atoms with Crippen molar-refractivity contribution in [3.05, 3.63) is 94.9 Å². The van der Waals surface area contributed by atoms with Crippen molar-refractivity contribution < 1.29 is 9.90 Å². The first-order valence-corrected chi connectivity index (χ1v) is 12.5. The molecule has 0 radical (unpaired) electrons. The van der Waals surface area contributed by atoms with E-state index in [4.69, 9.17) is 5.73 Å². The Bertz CT molecular complexity index is 1240. The minimum atomic E-state index is -1.12. The van der Waals surface area contributed by atoms with Crippen LogP contribution in [0.15, 0.2) is 83.8 Å². The molecule has 3 aromatic rings. The van der Waals surface area contributed by atoms with E-state index in [2.05, 4.69) is 12.1 Å². The van der Waals surface area contributed by atoms with E-state index in [0.717, 1.165) is 36.8 Å². The van der Waals surface area contributed by atoms with E-state index in [-0.39, 0.29) is 18.0 Å². The molecule has 1 aliphatic carbocycles. The number of nitrogens with zero attached hydrogens (tertiary/aromatic N) is 2. The van der Waals surface area contributed by atoms with E-state index in [0.29, 0.717) is 19.5 Å². The third-order valence-electron chi connectivity index (χ3n) is 8.32. The van der Waals surface area contributed by atoms with Crippen LogP contribution in [-0.2, 0) is 13.0 Å². The van der Waals surface area contributed by atoms with Crippen molar-refractivity contribution in [3.63, 3.8) is 0 Å². The molecule has 3 N–H and O–H groups in total. The molecule has 5 rings (SSSR count). The number of carbonyl (C=O) groups is 1. The highest BCUT2D eigenvalue weighted by Gasteiger charge is 2.59. The number of aromatic nitrogens is 1. The molecule has 182 valence electrons. The topological polar surface area (TPSA) is 88.6 Å². The van der Waals surface area contributed by atoms with E-state index in [9.17, 15) is 14.7 Å². The highest BCUT2D eigenvalue weighted by Crippen LogP contribution is 2.56. The number of carbonyl (C=O) groups excluding carboxylic acids is 1. The predicted octanol–water partition coefficient (Wildman–Crippen LogP) is 4.06. The SMILES string of the molecule is NC(=O)N1CCC(O)(Cn2ccc(-c3ccccc3)cc2=O)C2(CCCC2Cc2ccccc2)C1. The predicted molar refractivity (Wildman–Crippen MR) is 137 cm³/mol. The van der Waals surface area contributed by atoms with Gasteiger partial charge in [-0.15, -0.1) is 0 Å².